The summed E-state index contributed by atoms with van der Waals surface area (Å²) in [6, 6.07) is 0. The second-order valence-electron chi connectivity index (χ2n) is 3.41. The number of rotatable bonds is 5. The van der Waals surface area contributed by atoms with E-state index in [0.29, 0.717) is 5.92 Å². The standard InChI is InChI=1S/C9H15ClN2S/c1-7(2)5-11-4-3-9-12-6-8(10)13-9/h6-7,11H,3-5H2,1-2H3. The minimum Gasteiger partial charge on any atom is -0.316 e. The van der Waals surface area contributed by atoms with Gasteiger partial charge in [-0.3, -0.25) is 0 Å². The van der Waals surface area contributed by atoms with Gasteiger partial charge in [-0.15, -0.1) is 11.3 Å². The Balaban J connectivity index is 2.13. The Hall–Kier alpha value is -0.120. The third kappa shape index (κ3) is 4.60. The molecule has 1 aromatic heterocycles. The number of nitrogens with zero attached hydrogens (tertiary/aromatic N) is 1. The predicted molar refractivity (Wildman–Crippen MR) is 58.5 cm³/mol. The fourth-order valence-electron chi connectivity index (χ4n) is 0.990. The minimum atomic E-state index is 0.708. The van der Waals surface area contributed by atoms with Crippen LogP contribution in [0.1, 0.15) is 18.9 Å². The maximum Gasteiger partial charge on any atom is 0.113 e. The SMILES string of the molecule is CC(C)CNCCc1ncc(Cl)s1. The molecule has 0 aliphatic carbocycles. The highest BCUT2D eigenvalue weighted by atomic mass is 35.5. The van der Waals surface area contributed by atoms with Crippen LogP contribution < -0.4 is 5.32 Å². The van der Waals surface area contributed by atoms with E-state index >= 15 is 0 Å². The lowest BCUT2D eigenvalue weighted by molar-refractivity contribution is 0.554. The molecule has 13 heavy (non-hydrogen) atoms. The van der Waals surface area contributed by atoms with Gasteiger partial charge >= 0.3 is 0 Å². The van der Waals surface area contributed by atoms with Crippen LogP contribution in [0.5, 0.6) is 0 Å². The van der Waals surface area contributed by atoms with E-state index in [1.54, 1.807) is 17.5 Å². The van der Waals surface area contributed by atoms with Crippen molar-refractivity contribution in [2.24, 2.45) is 5.92 Å². The highest BCUT2D eigenvalue weighted by Crippen LogP contribution is 2.18. The lowest BCUT2D eigenvalue weighted by Crippen LogP contribution is -2.21. The summed E-state index contributed by atoms with van der Waals surface area (Å²) >= 11 is 7.32. The van der Waals surface area contributed by atoms with E-state index in [0.717, 1.165) is 28.9 Å². The maximum absolute atomic E-state index is 5.76. The smallest absolute Gasteiger partial charge is 0.113 e. The molecule has 0 fully saturated rings. The van der Waals surface area contributed by atoms with Crippen molar-refractivity contribution in [3.63, 3.8) is 0 Å². The number of thiazole rings is 1. The van der Waals surface area contributed by atoms with Crippen LogP contribution in [0.3, 0.4) is 0 Å². The summed E-state index contributed by atoms with van der Waals surface area (Å²) in [7, 11) is 0. The average molecular weight is 219 g/mol. The van der Waals surface area contributed by atoms with Crippen molar-refractivity contribution in [3.8, 4) is 0 Å². The summed E-state index contributed by atoms with van der Waals surface area (Å²) in [5.74, 6) is 0.708. The molecule has 1 aromatic rings. The Morgan fingerprint density at radius 3 is 2.92 bits per heavy atom. The highest BCUT2D eigenvalue weighted by Gasteiger charge is 1.99. The predicted octanol–water partition coefficient (Wildman–Crippen LogP) is 2.58. The Morgan fingerprint density at radius 1 is 1.62 bits per heavy atom. The molecule has 0 aliphatic rings. The van der Waals surface area contributed by atoms with Crippen LogP contribution in [0, 0.1) is 5.92 Å². The average Bonchev–Trinajstić information content (AvgIpc) is 2.45. The van der Waals surface area contributed by atoms with Crippen LogP contribution in [0.4, 0.5) is 0 Å². The third-order valence-corrected chi connectivity index (χ3v) is 2.77. The molecule has 0 atom stereocenters. The Kier molecular flexibility index (Phi) is 4.70. The highest BCUT2D eigenvalue weighted by molar-refractivity contribution is 7.15. The van der Waals surface area contributed by atoms with Crippen LogP contribution in [0.25, 0.3) is 0 Å². The van der Waals surface area contributed by atoms with Gasteiger partial charge in [0, 0.05) is 13.0 Å². The van der Waals surface area contributed by atoms with E-state index in [4.69, 9.17) is 11.6 Å². The van der Waals surface area contributed by atoms with Gasteiger partial charge in [0.05, 0.1) is 11.2 Å². The molecule has 0 amide bonds. The van der Waals surface area contributed by atoms with Crippen LogP contribution in [0.15, 0.2) is 6.20 Å². The van der Waals surface area contributed by atoms with Crippen molar-refractivity contribution < 1.29 is 0 Å². The Morgan fingerprint density at radius 2 is 2.38 bits per heavy atom. The number of hydrogen-bond acceptors (Lipinski definition) is 3. The largest absolute Gasteiger partial charge is 0.316 e. The van der Waals surface area contributed by atoms with E-state index in [2.05, 4.69) is 24.1 Å². The molecule has 0 radical (unpaired) electrons. The normalized spacial score (nSPS) is 11.1. The van der Waals surface area contributed by atoms with Crippen LogP contribution in [0.2, 0.25) is 4.34 Å². The Labute approximate surface area is 88.3 Å². The Bertz CT molecular complexity index is 248. The van der Waals surface area contributed by atoms with Gasteiger partial charge < -0.3 is 5.32 Å². The lowest BCUT2D eigenvalue weighted by atomic mass is 10.2. The molecule has 0 aromatic carbocycles. The van der Waals surface area contributed by atoms with Gasteiger partial charge in [-0.05, 0) is 12.5 Å². The molecule has 74 valence electrons. The molecule has 1 N–H and O–H groups in total. The van der Waals surface area contributed by atoms with Crippen molar-refractivity contribution in [1.82, 2.24) is 10.3 Å². The fraction of sp³-hybridized carbons (Fsp3) is 0.667. The molecule has 1 heterocycles. The van der Waals surface area contributed by atoms with Gasteiger partial charge in [0.1, 0.15) is 4.34 Å². The molecule has 2 nitrogen and oxygen atoms in total. The molecule has 4 heteroatoms. The summed E-state index contributed by atoms with van der Waals surface area (Å²) in [6.45, 7) is 6.46. The van der Waals surface area contributed by atoms with Gasteiger partial charge in [-0.2, -0.15) is 0 Å². The number of halogens is 1. The van der Waals surface area contributed by atoms with Gasteiger partial charge in [-0.1, -0.05) is 25.4 Å². The van der Waals surface area contributed by atoms with Crippen LogP contribution >= 0.6 is 22.9 Å². The molecular formula is C9H15ClN2S. The first-order valence-electron chi connectivity index (χ1n) is 4.49. The van der Waals surface area contributed by atoms with Crippen LogP contribution in [-0.4, -0.2) is 18.1 Å². The van der Waals surface area contributed by atoms with Gasteiger partial charge in [0.15, 0.2) is 0 Å². The first-order valence-corrected chi connectivity index (χ1v) is 5.69. The molecular weight excluding hydrogens is 204 g/mol. The van der Waals surface area contributed by atoms with Crippen molar-refractivity contribution in [3.05, 3.63) is 15.5 Å². The first-order chi connectivity index (χ1) is 6.18. The van der Waals surface area contributed by atoms with Gasteiger partial charge in [-0.25, -0.2) is 4.98 Å². The second kappa shape index (κ2) is 5.58. The molecule has 1 rings (SSSR count). The van der Waals surface area contributed by atoms with Crippen LogP contribution in [-0.2, 0) is 6.42 Å². The summed E-state index contributed by atoms with van der Waals surface area (Å²) < 4.78 is 0.777. The molecule has 0 spiro atoms. The molecule has 0 aliphatic heterocycles. The van der Waals surface area contributed by atoms with E-state index in [-0.39, 0.29) is 0 Å². The third-order valence-electron chi connectivity index (χ3n) is 1.59. The summed E-state index contributed by atoms with van der Waals surface area (Å²) in [5, 5.41) is 4.48. The number of aromatic nitrogens is 1. The van der Waals surface area contributed by atoms with Gasteiger partial charge in [0.25, 0.3) is 0 Å². The topological polar surface area (TPSA) is 24.9 Å². The molecule has 0 saturated carbocycles. The quantitative estimate of drug-likeness (QED) is 0.769. The van der Waals surface area contributed by atoms with E-state index in [9.17, 15) is 0 Å². The fourth-order valence-corrected chi connectivity index (χ4v) is 1.95. The molecule has 0 saturated heterocycles. The molecule has 0 bridgehead atoms. The van der Waals surface area contributed by atoms with E-state index < -0.39 is 0 Å². The second-order valence-corrected chi connectivity index (χ2v) is 5.15. The zero-order valence-corrected chi connectivity index (χ0v) is 9.58. The first kappa shape index (κ1) is 11.0. The maximum atomic E-state index is 5.76. The van der Waals surface area contributed by atoms with Crippen molar-refractivity contribution >= 4 is 22.9 Å². The summed E-state index contributed by atoms with van der Waals surface area (Å²) in [6.07, 6.45) is 2.69. The lowest BCUT2D eigenvalue weighted by Gasteiger charge is -2.05. The van der Waals surface area contributed by atoms with Gasteiger partial charge in [0.2, 0.25) is 0 Å². The number of nitrogens with one attached hydrogen (secondary N) is 1. The monoisotopic (exact) mass is 218 g/mol. The number of hydrogen-bond donors (Lipinski definition) is 1. The van der Waals surface area contributed by atoms with E-state index in [1.807, 2.05) is 0 Å². The zero-order valence-electron chi connectivity index (χ0n) is 8.01. The van der Waals surface area contributed by atoms with Crippen molar-refractivity contribution in [1.29, 1.82) is 0 Å². The zero-order chi connectivity index (χ0) is 9.68. The minimum absolute atomic E-state index is 0.708. The van der Waals surface area contributed by atoms with E-state index in [1.165, 1.54) is 0 Å². The van der Waals surface area contributed by atoms with Crippen molar-refractivity contribution in [2.45, 2.75) is 20.3 Å². The summed E-state index contributed by atoms with van der Waals surface area (Å²) in [4.78, 5) is 4.18. The van der Waals surface area contributed by atoms with Crippen molar-refractivity contribution in [2.75, 3.05) is 13.1 Å². The summed E-state index contributed by atoms with van der Waals surface area (Å²) in [5.41, 5.74) is 0. The molecule has 0 unspecified atom stereocenters.